The minimum atomic E-state index is -0.225. The van der Waals surface area contributed by atoms with Crippen molar-refractivity contribution in [1.82, 2.24) is 20.3 Å². The largest absolute Gasteiger partial charge is 0.368 e. The summed E-state index contributed by atoms with van der Waals surface area (Å²) in [6.45, 7) is 4.40. The van der Waals surface area contributed by atoms with E-state index in [1.54, 1.807) is 18.3 Å². The van der Waals surface area contributed by atoms with Crippen molar-refractivity contribution in [2.24, 2.45) is 0 Å². The van der Waals surface area contributed by atoms with Crippen molar-refractivity contribution >= 4 is 0 Å². The molecule has 1 saturated heterocycles. The number of nitrogens with zero attached hydrogens (tertiary/aromatic N) is 3. The van der Waals surface area contributed by atoms with E-state index in [0.29, 0.717) is 0 Å². The van der Waals surface area contributed by atoms with Gasteiger partial charge < -0.3 is 4.74 Å². The van der Waals surface area contributed by atoms with Gasteiger partial charge in [0.05, 0.1) is 24.1 Å². The molecular formula is C14H17FN4O. The summed E-state index contributed by atoms with van der Waals surface area (Å²) >= 11 is 0. The molecule has 6 heteroatoms. The lowest BCUT2D eigenvalue weighted by Gasteiger charge is -2.36. The highest BCUT2D eigenvalue weighted by molar-refractivity contribution is 5.19. The molecule has 0 saturated carbocycles. The van der Waals surface area contributed by atoms with Crippen LogP contribution >= 0.6 is 0 Å². The number of aromatic nitrogens is 3. The van der Waals surface area contributed by atoms with E-state index in [4.69, 9.17) is 4.74 Å². The van der Waals surface area contributed by atoms with Crippen LogP contribution in [-0.2, 0) is 11.3 Å². The molecule has 2 atom stereocenters. The second-order valence-electron chi connectivity index (χ2n) is 5.14. The van der Waals surface area contributed by atoms with Crippen LogP contribution in [0.3, 0.4) is 0 Å². The maximum atomic E-state index is 13.0. The van der Waals surface area contributed by atoms with Crippen LogP contribution in [0.5, 0.6) is 0 Å². The molecule has 2 heterocycles. The van der Waals surface area contributed by atoms with Gasteiger partial charge in [0.2, 0.25) is 0 Å². The van der Waals surface area contributed by atoms with Crippen LogP contribution in [0.1, 0.15) is 24.3 Å². The molecule has 1 fully saturated rings. The summed E-state index contributed by atoms with van der Waals surface area (Å²) in [6, 6.07) is 6.51. The number of rotatable bonds is 3. The molecule has 2 aromatic rings. The van der Waals surface area contributed by atoms with Crippen LogP contribution < -0.4 is 0 Å². The van der Waals surface area contributed by atoms with Gasteiger partial charge in [0.1, 0.15) is 5.82 Å². The molecule has 1 aromatic carbocycles. The third kappa shape index (κ3) is 3.02. The van der Waals surface area contributed by atoms with Crippen molar-refractivity contribution in [3.8, 4) is 0 Å². The Balaban J connectivity index is 1.71. The van der Waals surface area contributed by atoms with Gasteiger partial charge in [0.25, 0.3) is 0 Å². The number of halogens is 1. The minimum Gasteiger partial charge on any atom is -0.368 e. The zero-order chi connectivity index (χ0) is 13.9. The van der Waals surface area contributed by atoms with Crippen molar-refractivity contribution in [1.29, 1.82) is 0 Å². The molecule has 1 N–H and O–H groups in total. The molecule has 3 rings (SSSR count). The van der Waals surface area contributed by atoms with Crippen LogP contribution in [0.15, 0.2) is 30.5 Å². The van der Waals surface area contributed by atoms with Crippen LogP contribution in [0.4, 0.5) is 4.39 Å². The maximum Gasteiger partial charge on any atom is 0.123 e. The molecule has 106 valence electrons. The summed E-state index contributed by atoms with van der Waals surface area (Å²) in [5.41, 5.74) is 1.92. The van der Waals surface area contributed by atoms with E-state index in [2.05, 4.69) is 20.3 Å². The number of nitrogens with one attached hydrogen (secondary N) is 1. The molecule has 2 unspecified atom stereocenters. The quantitative estimate of drug-likeness (QED) is 0.930. The SMILES string of the molecule is CC1CN(Cc2cn[nH]n2)CC(c2ccc(F)cc2)O1. The molecule has 0 bridgehead atoms. The first-order valence-electron chi connectivity index (χ1n) is 6.68. The van der Waals surface area contributed by atoms with E-state index in [-0.39, 0.29) is 18.0 Å². The van der Waals surface area contributed by atoms with E-state index >= 15 is 0 Å². The van der Waals surface area contributed by atoms with Gasteiger partial charge in [-0.15, -0.1) is 0 Å². The average molecular weight is 276 g/mol. The number of hydrogen-bond acceptors (Lipinski definition) is 4. The van der Waals surface area contributed by atoms with Gasteiger partial charge in [-0.05, 0) is 24.6 Å². The number of benzene rings is 1. The fourth-order valence-corrected chi connectivity index (χ4v) is 2.56. The van der Waals surface area contributed by atoms with Gasteiger partial charge in [-0.1, -0.05) is 12.1 Å². The fraction of sp³-hybridized carbons (Fsp3) is 0.429. The van der Waals surface area contributed by atoms with Gasteiger partial charge in [0.15, 0.2) is 0 Å². The van der Waals surface area contributed by atoms with Gasteiger partial charge in [-0.3, -0.25) is 4.90 Å². The van der Waals surface area contributed by atoms with Crippen LogP contribution in [0.25, 0.3) is 0 Å². The lowest BCUT2D eigenvalue weighted by atomic mass is 10.1. The Labute approximate surface area is 116 Å². The number of H-pyrrole nitrogens is 1. The minimum absolute atomic E-state index is 0.0359. The van der Waals surface area contributed by atoms with Crippen LogP contribution in [0, 0.1) is 5.82 Å². The third-order valence-electron chi connectivity index (χ3n) is 3.43. The molecule has 0 amide bonds. The van der Waals surface area contributed by atoms with Crippen molar-refractivity contribution in [2.75, 3.05) is 13.1 Å². The fourth-order valence-electron chi connectivity index (χ4n) is 2.56. The van der Waals surface area contributed by atoms with Gasteiger partial charge >= 0.3 is 0 Å². The lowest BCUT2D eigenvalue weighted by Crippen LogP contribution is -2.42. The Bertz CT molecular complexity index is 543. The molecule has 5 nitrogen and oxygen atoms in total. The van der Waals surface area contributed by atoms with E-state index in [0.717, 1.165) is 30.9 Å². The molecule has 1 aromatic heterocycles. The molecule has 0 radical (unpaired) electrons. The van der Waals surface area contributed by atoms with Crippen molar-refractivity contribution in [2.45, 2.75) is 25.7 Å². The first-order chi connectivity index (χ1) is 9.70. The maximum absolute atomic E-state index is 13.0. The molecule has 0 spiro atoms. The Morgan fingerprint density at radius 2 is 2.15 bits per heavy atom. The smallest absolute Gasteiger partial charge is 0.123 e. The summed E-state index contributed by atoms with van der Waals surface area (Å²) in [7, 11) is 0. The summed E-state index contributed by atoms with van der Waals surface area (Å²) in [5.74, 6) is -0.225. The third-order valence-corrected chi connectivity index (χ3v) is 3.43. The van der Waals surface area contributed by atoms with Crippen LogP contribution in [0.2, 0.25) is 0 Å². The van der Waals surface area contributed by atoms with Gasteiger partial charge in [-0.25, -0.2) is 4.39 Å². The second-order valence-corrected chi connectivity index (χ2v) is 5.14. The zero-order valence-electron chi connectivity index (χ0n) is 11.3. The number of ether oxygens (including phenoxy) is 1. The number of hydrogen-bond donors (Lipinski definition) is 1. The Morgan fingerprint density at radius 3 is 2.85 bits per heavy atom. The molecule has 20 heavy (non-hydrogen) atoms. The lowest BCUT2D eigenvalue weighted by molar-refractivity contribution is -0.0817. The molecule has 0 aliphatic carbocycles. The molecule has 1 aliphatic heterocycles. The normalized spacial score (nSPS) is 23.9. The summed E-state index contributed by atoms with van der Waals surface area (Å²) in [6.07, 6.45) is 1.82. The summed E-state index contributed by atoms with van der Waals surface area (Å²) in [4.78, 5) is 2.28. The first kappa shape index (κ1) is 13.2. The Kier molecular flexibility index (Phi) is 3.75. The van der Waals surface area contributed by atoms with E-state index in [1.165, 1.54) is 12.1 Å². The van der Waals surface area contributed by atoms with Crippen molar-refractivity contribution < 1.29 is 9.13 Å². The van der Waals surface area contributed by atoms with E-state index in [1.807, 2.05) is 6.92 Å². The monoisotopic (exact) mass is 276 g/mol. The number of aromatic amines is 1. The molecular weight excluding hydrogens is 259 g/mol. The standard InChI is InChI=1S/C14H17FN4O/c1-10-7-19(8-13-6-16-18-17-13)9-14(20-10)11-2-4-12(15)5-3-11/h2-6,10,14H,7-9H2,1H3,(H,16,17,18). The predicted octanol–water partition coefficient (Wildman–Crippen LogP) is 1.91. The van der Waals surface area contributed by atoms with Crippen LogP contribution in [-0.4, -0.2) is 39.5 Å². The van der Waals surface area contributed by atoms with E-state index in [9.17, 15) is 4.39 Å². The highest BCUT2D eigenvalue weighted by Crippen LogP contribution is 2.26. The van der Waals surface area contributed by atoms with Gasteiger partial charge in [-0.2, -0.15) is 15.4 Å². The second kappa shape index (κ2) is 5.68. The summed E-state index contributed by atoms with van der Waals surface area (Å²) in [5, 5.41) is 10.5. The zero-order valence-corrected chi connectivity index (χ0v) is 11.3. The van der Waals surface area contributed by atoms with Crippen molar-refractivity contribution in [3.05, 3.63) is 47.5 Å². The molecule has 1 aliphatic rings. The number of morpholine rings is 1. The Morgan fingerprint density at radius 1 is 1.35 bits per heavy atom. The summed E-state index contributed by atoms with van der Waals surface area (Å²) < 4.78 is 18.9. The topological polar surface area (TPSA) is 54.0 Å². The van der Waals surface area contributed by atoms with Gasteiger partial charge in [0, 0.05) is 19.6 Å². The van der Waals surface area contributed by atoms with Crippen molar-refractivity contribution in [3.63, 3.8) is 0 Å². The Hall–Kier alpha value is -1.79. The predicted molar refractivity (Wildman–Crippen MR) is 71.3 cm³/mol. The van der Waals surface area contributed by atoms with E-state index < -0.39 is 0 Å². The highest BCUT2D eigenvalue weighted by Gasteiger charge is 2.26. The average Bonchev–Trinajstić information content (AvgIpc) is 2.91. The first-order valence-corrected chi connectivity index (χ1v) is 6.68. The highest BCUT2D eigenvalue weighted by atomic mass is 19.1.